The number of amides is 3. The molecule has 1 aromatic carbocycles. The minimum atomic E-state index is -3.16. The Balaban J connectivity index is 1.63. The van der Waals surface area contributed by atoms with E-state index in [0.29, 0.717) is 26.0 Å². The molecule has 1 aromatic rings. The molecule has 2 aliphatic heterocycles. The predicted octanol–water partition coefficient (Wildman–Crippen LogP) is 0.512. The number of imide groups is 1. The highest BCUT2D eigenvalue weighted by molar-refractivity contribution is 7.91. The molecule has 11 heteroatoms. The molecular formula is C21H26N2O8S. The molecule has 0 aliphatic carbocycles. The summed E-state index contributed by atoms with van der Waals surface area (Å²) in [4.78, 5) is 52.5. The summed E-state index contributed by atoms with van der Waals surface area (Å²) in [5.74, 6) is -2.28. The van der Waals surface area contributed by atoms with Crippen molar-refractivity contribution in [2.75, 3.05) is 44.9 Å². The number of methoxy groups -OCH3 is 1. The summed E-state index contributed by atoms with van der Waals surface area (Å²) in [5, 5.41) is 0. The number of fused-ring (bicyclic) bond motifs is 1. The van der Waals surface area contributed by atoms with Crippen molar-refractivity contribution in [1.82, 2.24) is 9.80 Å². The Kier molecular flexibility index (Phi) is 7.29. The summed E-state index contributed by atoms with van der Waals surface area (Å²) in [6, 6.07) is 3.63. The molecule has 0 N–H and O–H groups in total. The van der Waals surface area contributed by atoms with Gasteiger partial charge in [-0.2, -0.15) is 0 Å². The summed E-state index contributed by atoms with van der Waals surface area (Å²) >= 11 is 0. The molecule has 10 nitrogen and oxygen atoms in total. The lowest BCUT2D eigenvalue weighted by Crippen LogP contribution is -2.43. The van der Waals surface area contributed by atoms with Gasteiger partial charge in [0.2, 0.25) is 0 Å². The van der Waals surface area contributed by atoms with Crippen LogP contribution in [0.3, 0.4) is 0 Å². The van der Waals surface area contributed by atoms with Gasteiger partial charge in [-0.15, -0.1) is 0 Å². The van der Waals surface area contributed by atoms with Crippen molar-refractivity contribution in [1.29, 1.82) is 0 Å². The van der Waals surface area contributed by atoms with E-state index in [-0.39, 0.29) is 34.7 Å². The van der Waals surface area contributed by atoms with Gasteiger partial charge in [0.1, 0.15) is 0 Å². The lowest BCUT2D eigenvalue weighted by molar-refractivity contribution is -0.136. The topological polar surface area (TPSA) is 127 Å². The molecule has 0 spiro atoms. The van der Waals surface area contributed by atoms with E-state index >= 15 is 0 Å². The number of esters is 1. The van der Waals surface area contributed by atoms with Crippen LogP contribution in [0.25, 0.3) is 0 Å². The Morgan fingerprint density at radius 3 is 2.53 bits per heavy atom. The van der Waals surface area contributed by atoms with Crippen LogP contribution in [0.1, 0.15) is 50.8 Å². The molecule has 1 atom stereocenters. The number of rotatable bonds is 9. The average Bonchev–Trinajstić information content (AvgIpc) is 3.24. The summed E-state index contributed by atoms with van der Waals surface area (Å²) in [5.41, 5.74) is 0.363. The van der Waals surface area contributed by atoms with E-state index in [1.807, 2.05) is 0 Å². The van der Waals surface area contributed by atoms with Crippen molar-refractivity contribution in [3.8, 4) is 0 Å². The van der Waals surface area contributed by atoms with Gasteiger partial charge in [-0.05, 0) is 38.0 Å². The van der Waals surface area contributed by atoms with Crippen molar-refractivity contribution in [3.05, 3.63) is 34.9 Å². The summed E-state index contributed by atoms with van der Waals surface area (Å²) in [6.45, 7) is 2.09. The Bertz CT molecular complexity index is 1040. The summed E-state index contributed by atoms with van der Waals surface area (Å²) in [6.07, 6.45) is 0.854. The number of ether oxygens (including phenoxy) is 2. The van der Waals surface area contributed by atoms with E-state index in [2.05, 4.69) is 0 Å². The maximum Gasteiger partial charge on any atom is 0.338 e. The van der Waals surface area contributed by atoms with Crippen LogP contribution in [0.4, 0.5) is 0 Å². The third-order valence-electron chi connectivity index (χ3n) is 5.57. The van der Waals surface area contributed by atoms with Crippen molar-refractivity contribution in [2.24, 2.45) is 0 Å². The van der Waals surface area contributed by atoms with Crippen LogP contribution in [-0.2, 0) is 24.1 Å². The maximum absolute atomic E-state index is 12.6. The number of likely N-dealkylation sites (N-methyl/N-ethyl adjacent to an activating group) is 1. The molecule has 32 heavy (non-hydrogen) atoms. The summed E-state index contributed by atoms with van der Waals surface area (Å²) in [7, 11) is -1.63. The number of carbonyl (C=O) groups is 4. The van der Waals surface area contributed by atoms with E-state index in [1.54, 1.807) is 6.92 Å². The van der Waals surface area contributed by atoms with Crippen LogP contribution in [0.5, 0.6) is 0 Å². The van der Waals surface area contributed by atoms with E-state index in [9.17, 15) is 27.6 Å². The number of nitrogens with zero attached hydrogens (tertiary/aromatic N) is 2. The first-order valence-electron chi connectivity index (χ1n) is 10.3. The van der Waals surface area contributed by atoms with E-state index < -0.39 is 46.2 Å². The van der Waals surface area contributed by atoms with Crippen LogP contribution in [0, 0.1) is 0 Å². The van der Waals surface area contributed by atoms with Crippen molar-refractivity contribution in [2.45, 2.75) is 25.8 Å². The van der Waals surface area contributed by atoms with Crippen LogP contribution in [0.2, 0.25) is 0 Å². The fourth-order valence-electron chi connectivity index (χ4n) is 3.94. The quantitative estimate of drug-likeness (QED) is 0.293. The van der Waals surface area contributed by atoms with Gasteiger partial charge in [0.05, 0.1) is 28.2 Å². The third-order valence-corrected chi connectivity index (χ3v) is 7.32. The molecule has 1 saturated heterocycles. The Hall–Kier alpha value is -2.79. The minimum Gasteiger partial charge on any atom is -0.452 e. The second kappa shape index (κ2) is 9.78. The van der Waals surface area contributed by atoms with Crippen LogP contribution in [-0.4, -0.2) is 92.9 Å². The van der Waals surface area contributed by atoms with Crippen LogP contribution >= 0.6 is 0 Å². The second-order valence-electron chi connectivity index (χ2n) is 7.68. The lowest BCUT2D eigenvalue weighted by Gasteiger charge is -2.26. The molecule has 1 unspecified atom stereocenters. The number of carbonyl (C=O) groups excluding carboxylic acids is 4. The molecule has 1 fully saturated rings. The largest absolute Gasteiger partial charge is 0.452 e. The molecule has 174 valence electrons. The van der Waals surface area contributed by atoms with E-state index in [0.717, 1.165) is 4.90 Å². The molecule has 2 heterocycles. The fourth-order valence-corrected chi connectivity index (χ4v) is 5.67. The predicted molar refractivity (Wildman–Crippen MR) is 113 cm³/mol. The Labute approximate surface area is 186 Å². The molecule has 3 rings (SSSR count). The van der Waals surface area contributed by atoms with Gasteiger partial charge in [-0.1, -0.05) is 0 Å². The maximum atomic E-state index is 12.6. The number of hydrogen-bond donors (Lipinski definition) is 0. The van der Waals surface area contributed by atoms with Gasteiger partial charge in [0.25, 0.3) is 17.7 Å². The Morgan fingerprint density at radius 2 is 1.91 bits per heavy atom. The van der Waals surface area contributed by atoms with Crippen LogP contribution in [0.15, 0.2) is 18.2 Å². The lowest BCUT2D eigenvalue weighted by atomic mass is 10.1. The zero-order valence-electron chi connectivity index (χ0n) is 18.0. The monoisotopic (exact) mass is 466 g/mol. The minimum absolute atomic E-state index is 0.0333. The fraction of sp³-hybridized carbons (Fsp3) is 0.524. The zero-order valence-corrected chi connectivity index (χ0v) is 18.9. The number of hydrogen-bond acceptors (Lipinski definition) is 8. The van der Waals surface area contributed by atoms with Gasteiger partial charge < -0.3 is 14.4 Å². The number of sulfone groups is 1. The summed E-state index contributed by atoms with van der Waals surface area (Å²) < 4.78 is 33.4. The zero-order chi connectivity index (χ0) is 23.5. The smallest absolute Gasteiger partial charge is 0.338 e. The van der Waals surface area contributed by atoms with Gasteiger partial charge in [0.15, 0.2) is 16.4 Å². The SMILES string of the molecule is CCN(C(=O)COC(=O)c1ccc2c(c1)C(=O)N(CCCOC)C2=O)C1CCS(=O)(=O)C1. The Morgan fingerprint density at radius 1 is 1.19 bits per heavy atom. The van der Waals surface area contributed by atoms with E-state index in [1.165, 1.54) is 30.2 Å². The molecule has 0 radical (unpaired) electrons. The second-order valence-corrected chi connectivity index (χ2v) is 9.91. The van der Waals surface area contributed by atoms with Gasteiger partial charge >= 0.3 is 5.97 Å². The first-order chi connectivity index (χ1) is 15.2. The van der Waals surface area contributed by atoms with Gasteiger partial charge in [-0.3, -0.25) is 19.3 Å². The molecule has 0 saturated carbocycles. The molecule has 0 bridgehead atoms. The van der Waals surface area contributed by atoms with Crippen molar-refractivity contribution < 1.29 is 37.1 Å². The van der Waals surface area contributed by atoms with Crippen LogP contribution < -0.4 is 0 Å². The average molecular weight is 467 g/mol. The highest BCUT2D eigenvalue weighted by Crippen LogP contribution is 2.25. The van der Waals surface area contributed by atoms with Crippen molar-refractivity contribution in [3.63, 3.8) is 0 Å². The van der Waals surface area contributed by atoms with Crippen molar-refractivity contribution >= 4 is 33.5 Å². The third kappa shape index (κ3) is 4.99. The standard InChI is InChI=1S/C21H26N2O8S/c1-3-22(15-7-10-32(28,29)13-15)18(24)12-31-21(27)14-5-6-16-17(11-14)20(26)23(19(16)25)8-4-9-30-2/h5-6,11,15H,3-4,7-10,12-13H2,1-2H3. The first kappa shape index (κ1) is 23.9. The molecular weight excluding hydrogens is 440 g/mol. The van der Waals surface area contributed by atoms with E-state index in [4.69, 9.17) is 9.47 Å². The molecule has 2 aliphatic rings. The van der Waals surface area contributed by atoms with Gasteiger partial charge in [-0.25, -0.2) is 13.2 Å². The highest BCUT2D eigenvalue weighted by Gasteiger charge is 2.36. The van der Waals surface area contributed by atoms with Gasteiger partial charge in [0, 0.05) is 32.8 Å². The molecule has 3 amide bonds. The normalized spacial score (nSPS) is 19.2. The molecule has 0 aromatic heterocycles. The number of benzene rings is 1. The first-order valence-corrected chi connectivity index (χ1v) is 12.2. The highest BCUT2D eigenvalue weighted by atomic mass is 32.2.